The van der Waals surface area contributed by atoms with Crippen molar-refractivity contribution in [3.05, 3.63) is 0 Å². The fourth-order valence-electron chi connectivity index (χ4n) is 2.16. The summed E-state index contributed by atoms with van der Waals surface area (Å²) in [5, 5.41) is 19.1. The highest BCUT2D eigenvalue weighted by molar-refractivity contribution is 5.11. The minimum absolute atomic E-state index is 0.295. The quantitative estimate of drug-likeness (QED) is 0.518. The molecule has 0 aromatic heterocycles. The van der Waals surface area contributed by atoms with E-state index in [4.69, 9.17) is 0 Å². The Morgan fingerprint density at radius 2 is 2.10 bits per heavy atom. The molecule has 2 aliphatic rings. The largest absolute Gasteiger partial charge is 0.390 e. The molecule has 2 N–H and O–H groups in total. The van der Waals surface area contributed by atoms with Crippen molar-refractivity contribution >= 4 is 0 Å². The standard InChI is InChI=1S/C8H14O2/c1-5-2-3-6-4-8(6,10)7(5)9/h5-7,9-10H,2-4H2,1H3. The molecule has 2 heteroatoms. The molecule has 2 nitrogen and oxygen atoms in total. The molecule has 2 aliphatic carbocycles. The number of rotatable bonds is 0. The van der Waals surface area contributed by atoms with Crippen LogP contribution in [0.3, 0.4) is 0 Å². The summed E-state index contributed by atoms with van der Waals surface area (Å²) in [4.78, 5) is 0. The molecule has 4 atom stereocenters. The molecule has 2 rings (SSSR count). The van der Waals surface area contributed by atoms with Gasteiger partial charge in [-0.15, -0.1) is 0 Å². The van der Waals surface area contributed by atoms with Gasteiger partial charge in [0.25, 0.3) is 0 Å². The topological polar surface area (TPSA) is 40.5 Å². The molecule has 58 valence electrons. The lowest BCUT2D eigenvalue weighted by Crippen LogP contribution is -2.38. The molecule has 0 heterocycles. The average molecular weight is 142 g/mol. The van der Waals surface area contributed by atoms with Crippen molar-refractivity contribution in [2.75, 3.05) is 0 Å². The van der Waals surface area contributed by atoms with Gasteiger partial charge in [-0.1, -0.05) is 6.92 Å². The van der Waals surface area contributed by atoms with Crippen molar-refractivity contribution in [3.63, 3.8) is 0 Å². The molecule has 0 aromatic carbocycles. The smallest absolute Gasteiger partial charge is 0.0940 e. The fraction of sp³-hybridized carbons (Fsp3) is 1.00. The summed E-state index contributed by atoms with van der Waals surface area (Å²) in [7, 11) is 0. The molecule has 0 saturated heterocycles. The maximum Gasteiger partial charge on any atom is 0.0940 e. The lowest BCUT2D eigenvalue weighted by Gasteiger charge is -2.29. The van der Waals surface area contributed by atoms with E-state index in [2.05, 4.69) is 0 Å². The number of fused-ring (bicyclic) bond motifs is 1. The lowest BCUT2D eigenvalue weighted by atomic mass is 9.86. The minimum atomic E-state index is -0.669. The van der Waals surface area contributed by atoms with Crippen molar-refractivity contribution in [2.24, 2.45) is 11.8 Å². The maximum atomic E-state index is 9.64. The first kappa shape index (κ1) is 6.62. The van der Waals surface area contributed by atoms with Crippen molar-refractivity contribution < 1.29 is 10.2 Å². The molecule has 2 fully saturated rings. The first-order valence-corrected chi connectivity index (χ1v) is 4.05. The molecule has 0 amide bonds. The second-order valence-corrected chi connectivity index (χ2v) is 3.89. The first-order chi connectivity index (χ1) is 4.64. The molecular formula is C8H14O2. The molecule has 0 radical (unpaired) electrons. The average Bonchev–Trinajstić information content (AvgIpc) is 2.55. The van der Waals surface area contributed by atoms with Crippen LogP contribution in [-0.2, 0) is 0 Å². The van der Waals surface area contributed by atoms with Crippen molar-refractivity contribution in [3.8, 4) is 0 Å². The number of aliphatic hydroxyl groups excluding tert-OH is 1. The van der Waals surface area contributed by atoms with Crippen molar-refractivity contribution in [2.45, 2.75) is 37.9 Å². The number of hydrogen-bond donors (Lipinski definition) is 2. The van der Waals surface area contributed by atoms with E-state index in [-0.39, 0.29) is 0 Å². The van der Waals surface area contributed by atoms with E-state index < -0.39 is 11.7 Å². The van der Waals surface area contributed by atoms with Gasteiger partial charge in [0.2, 0.25) is 0 Å². The monoisotopic (exact) mass is 142 g/mol. The van der Waals surface area contributed by atoms with Crippen LogP contribution in [0.4, 0.5) is 0 Å². The second-order valence-electron chi connectivity index (χ2n) is 3.89. The van der Waals surface area contributed by atoms with E-state index in [1.165, 1.54) is 0 Å². The van der Waals surface area contributed by atoms with Gasteiger partial charge in [0.15, 0.2) is 0 Å². The first-order valence-electron chi connectivity index (χ1n) is 4.05. The van der Waals surface area contributed by atoms with Gasteiger partial charge in [-0.2, -0.15) is 0 Å². The van der Waals surface area contributed by atoms with E-state index in [9.17, 15) is 10.2 Å². The molecular weight excluding hydrogens is 128 g/mol. The predicted octanol–water partition coefficient (Wildman–Crippen LogP) is 0.528. The Labute approximate surface area is 60.9 Å². The normalized spacial score (nSPS) is 59.7. The highest BCUT2D eigenvalue weighted by Gasteiger charge is 2.60. The second kappa shape index (κ2) is 1.74. The van der Waals surface area contributed by atoms with Gasteiger partial charge in [-0.25, -0.2) is 0 Å². The highest BCUT2D eigenvalue weighted by Crippen LogP contribution is 2.54. The zero-order valence-electron chi connectivity index (χ0n) is 6.25. The third-order valence-electron chi connectivity index (χ3n) is 3.14. The van der Waals surface area contributed by atoms with Gasteiger partial charge < -0.3 is 10.2 Å². The number of aliphatic hydroxyl groups is 2. The highest BCUT2D eigenvalue weighted by atomic mass is 16.3. The molecule has 0 aromatic rings. The van der Waals surface area contributed by atoms with Crippen LogP contribution in [0.25, 0.3) is 0 Å². The molecule has 10 heavy (non-hydrogen) atoms. The Morgan fingerprint density at radius 3 is 2.70 bits per heavy atom. The summed E-state index contributed by atoms with van der Waals surface area (Å²) >= 11 is 0. The van der Waals surface area contributed by atoms with Crippen LogP contribution in [0.15, 0.2) is 0 Å². The summed E-state index contributed by atoms with van der Waals surface area (Å²) in [6.45, 7) is 2.01. The molecule has 2 saturated carbocycles. The van der Waals surface area contributed by atoms with Gasteiger partial charge in [0, 0.05) is 0 Å². The summed E-state index contributed by atoms with van der Waals surface area (Å²) in [5.74, 6) is 0.711. The minimum Gasteiger partial charge on any atom is -0.390 e. The van der Waals surface area contributed by atoms with Crippen LogP contribution in [0.2, 0.25) is 0 Å². The molecule has 0 bridgehead atoms. The zero-order chi connectivity index (χ0) is 7.35. The van der Waals surface area contributed by atoms with Gasteiger partial charge in [0.05, 0.1) is 11.7 Å². The van der Waals surface area contributed by atoms with E-state index in [0.29, 0.717) is 11.8 Å². The molecule has 4 unspecified atom stereocenters. The SMILES string of the molecule is CC1CCC2CC2(O)C1O. The maximum absolute atomic E-state index is 9.64. The third-order valence-corrected chi connectivity index (χ3v) is 3.14. The van der Waals surface area contributed by atoms with Crippen LogP contribution in [-0.4, -0.2) is 21.9 Å². The fourth-order valence-corrected chi connectivity index (χ4v) is 2.16. The zero-order valence-corrected chi connectivity index (χ0v) is 6.25. The van der Waals surface area contributed by atoms with Crippen LogP contribution >= 0.6 is 0 Å². The van der Waals surface area contributed by atoms with Gasteiger partial charge in [0.1, 0.15) is 0 Å². The van der Waals surface area contributed by atoms with E-state index in [1.54, 1.807) is 0 Å². The van der Waals surface area contributed by atoms with E-state index in [0.717, 1.165) is 19.3 Å². The Morgan fingerprint density at radius 1 is 1.40 bits per heavy atom. The Balaban J connectivity index is 2.13. The Kier molecular flexibility index (Phi) is 1.15. The lowest BCUT2D eigenvalue weighted by molar-refractivity contribution is -0.0589. The van der Waals surface area contributed by atoms with Crippen LogP contribution < -0.4 is 0 Å². The van der Waals surface area contributed by atoms with Crippen molar-refractivity contribution in [1.82, 2.24) is 0 Å². The summed E-state index contributed by atoms with van der Waals surface area (Å²) in [6.07, 6.45) is 2.56. The Hall–Kier alpha value is -0.0800. The van der Waals surface area contributed by atoms with Crippen LogP contribution in [0.5, 0.6) is 0 Å². The van der Waals surface area contributed by atoms with E-state index >= 15 is 0 Å². The Bertz CT molecular complexity index is 155. The number of hydrogen-bond acceptors (Lipinski definition) is 2. The van der Waals surface area contributed by atoms with Gasteiger partial charge in [-0.3, -0.25) is 0 Å². The molecule has 0 spiro atoms. The summed E-state index contributed by atoms with van der Waals surface area (Å²) in [6, 6.07) is 0. The van der Waals surface area contributed by atoms with Crippen LogP contribution in [0, 0.1) is 11.8 Å². The summed E-state index contributed by atoms with van der Waals surface area (Å²) < 4.78 is 0. The van der Waals surface area contributed by atoms with Gasteiger partial charge in [-0.05, 0) is 31.1 Å². The van der Waals surface area contributed by atoms with Crippen molar-refractivity contribution in [1.29, 1.82) is 0 Å². The third kappa shape index (κ3) is 0.663. The van der Waals surface area contributed by atoms with Gasteiger partial charge >= 0.3 is 0 Å². The molecule has 0 aliphatic heterocycles. The van der Waals surface area contributed by atoms with Crippen LogP contribution in [0.1, 0.15) is 26.2 Å². The van der Waals surface area contributed by atoms with E-state index in [1.807, 2.05) is 6.92 Å². The summed E-state index contributed by atoms with van der Waals surface area (Å²) in [5.41, 5.74) is -0.669. The predicted molar refractivity (Wildman–Crippen MR) is 37.5 cm³/mol.